The molecular weight excluding hydrogens is 404 g/mol. The molecule has 194 valence electrons. The minimum atomic E-state index is 0.898. The zero-order chi connectivity index (χ0) is 23.7. The Morgan fingerprint density at radius 2 is 0.879 bits per heavy atom. The van der Waals surface area contributed by atoms with Crippen molar-refractivity contribution in [2.45, 2.75) is 162 Å². The molecule has 0 bridgehead atoms. The smallest absolute Gasteiger partial charge is 0.137 e. The van der Waals surface area contributed by atoms with Gasteiger partial charge < -0.3 is 0 Å². The minimum absolute atomic E-state index is 0.898. The summed E-state index contributed by atoms with van der Waals surface area (Å²) in [6, 6.07) is 0. The van der Waals surface area contributed by atoms with E-state index in [-0.39, 0.29) is 0 Å². The lowest BCUT2D eigenvalue weighted by Gasteiger charge is -2.22. The van der Waals surface area contributed by atoms with Gasteiger partial charge in [-0.3, -0.25) is 4.90 Å². The molecule has 0 unspecified atom stereocenters. The van der Waals surface area contributed by atoms with Crippen LogP contribution in [0.4, 0.5) is 0 Å². The van der Waals surface area contributed by atoms with Crippen LogP contribution in [0.3, 0.4) is 0 Å². The molecule has 0 amide bonds. The van der Waals surface area contributed by atoms with Gasteiger partial charge in [0.2, 0.25) is 0 Å². The molecule has 0 fully saturated rings. The molecule has 1 rings (SSSR count). The third-order valence-corrected chi connectivity index (χ3v) is 6.97. The van der Waals surface area contributed by atoms with E-state index < -0.39 is 0 Å². The summed E-state index contributed by atoms with van der Waals surface area (Å²) in [5, 5.41) is 4.33. The van der Waals surface area contributed by atoms with Gasteiger partial charge in [-0.25, -0.2) is 9.67 Å². The summed E-state index contributed by atoms with van der Waals surface area (Å²) < 4.78 is 1.98. The quantitative estimate of drug-likeness (QED) is 0.129. The molecule has 0 aromatic carbocycles. The van der Waals surface area contributed by atoms with Gasteiger partial charge in [0.1, 0.15) is 12.7 Å². The first-order valence-corrected chi connectivity index (χ1v) is 14.9. The molecule has 0 spiro atoms. The van der Waals surface area contributed by atoms with E-state index in [0.717, 1.165) is 6.67 Å². The average Bonchev–Trinajstić information content (AvgIpc) is 3.34. The maximum absolute atomic E-state index is 4.33. The van der Waals surface area contributed by atoms with Crippen molar-refractivity contribution in [2.24, 2.45) is 0 Å². The van der Waals surface area contributed by atoms with Gasteiger partial charge in [-0.15, -0.1) is 0 Å². The Labute approximate surface area is 207 Å². The van der Waals surface area contributed by atoms with E-state index in [1.165, 1.54) is 154 Å². The molecule has 0 saturated carbocycles. The van der Waals surface area contributed by atoms with Crippen molar-refractivity contribution >= 4 is 0 Å². The largest absolute Gasteiger partial charge is 0.284 e. The maximum atomic E-state index is 4.33. The summed E-state index contributed by atoms with van der Waals surface area (Å²) in [5.41, 5.74) is 0. The van der Waals surface area contributed by atoms with Crippen molar-refractivity contribution in [3.05, 3.63) is 12.7 Å². The van der Waals surface area contributed by atoms with E-state index in [0.29, 0.717) is 0 Å². The topological polar surface area (TPSA) is 34.0 Å². The van der Waals surface area contributed by atoms with Crippen molar-refractivity contribution in [1.82, 2.24) is 19.7 Å². The Morgan fingerprint density at radius 3 is 1.21 bits per heavy atom. The number of hydrogen-bond donors (Lipinski definition) is 0. The SMILES string of the molecule is CCCCCCCCCCCCCN(CCCCCCCCCCCCC)Cn1cncn1. The molecule has 1 aromatic rings. The van der Waals surface area contributed by atoms with Gasteiger partial charge >= 0.3 is 0 Å². The van der Waals surface area contributed by atoms with Crippen molar-refractivity contribution in [3.8, 4) is 0 Å². The summed E-state index contributed by atoms with van der Waals surface area (Å²) in [4.78, 5) is 6.72. The summed E-state index contributed by atoms with van der Waals surface area (Å²) in [6.45, 7) is 7.90. The molecule has 1 heterocycles. The van der Waals surface area contributed by atoms with Gasteiger partial charge in [-0.05, 0) is 25.9 Å². The van der Waals surface area contributed by atoms with Gasteiger partial charge in [-0.1, -0.05) is 142 Å². The van der Waals surface area contributed by atoms with Crippen LogP contribution in [-0.4, -0.2) is 32.8 Å². The predicted octanol–water partition coefficient (Wildman–Crippen LogP) is 9.16. The second-order valence-electron chi connectivity index (χ2n) is 10.3. The highest BCUT2D eigenvalue weighted by molar-refractivity contribution is 4.61. The Bertz CT molecular complexity index is 448. The lowest BCUT2D eigenvalue weighted by atomic mass is 10.1. The fourth-order valence-corrected chi connectivity index (χ4v) is 4.76. The standard InChI is InChI=1S/C29H58N4/c1-3-5-7-9-11-13-15-17-19-21-23-25-32(29-33-28-30-27-31-33)26-24-22-20-18-16-14-12-10-8-6-4-2/h27-28H,3-26,29H2,1-2H3. The molecule has 0 aliphatic heterocycles. The number of aromatic nitrogens is 3. The van der Waals surface area contributed by atoms with Crippen molar-refractivity contribution in [1.29, 1.82) is 0 Å². The molecule has 4 nitrogen and oxygen atoms in total. The second-order valence-corrected chi connectivity index (χ2v) is 10.3. The zero-order valence-electron chi connectivity index (χ0n) is 22.6. The van der Waals surface area contributed by atoms with Crippen molar-refractivity contribution in [3.63, 3.8) is 0 Å². The molecular formula is C29H58N4. The number of hydrogen-bond acceptors (Lipinski definition) is 3. The summed E-state index contributed by atoms with van der Waals surface area (Å²) >= 11 is 0. The van der Waals surface area contributed by atoms with Crippen molar-refractivity contribution in [2.75, 3.05) is 13.1 Å². The average molecular weight is 463 g/mol. The van der Waals surface area contributed by atoms with Crippen LogP contribution in [0, 0.1) is 0 Å². The monoisotopic (exact) mass is 462 g/mol. The van der Waals surface area contributed by atoms with Gasteiger partial charge in [0.15, 0.2) is 0 Å². The predicted molar refractivity (Wildman–Crippen MR) is 145 cm³/mol. The van der Waals surface area contributed by atoms with E-state index in [4.69, 9.17) is 0 Å². The first kappa shape index (κ1) is 30.1. The van der Waals surface area contributed by atoms with E-state index >= 15 is 0 Å². The van der Waals surface area contributed by atoms with Crippen LogP contribution in [0.1, 0.15) is 155 Å². The van der Waals surface area contributed by atoms with Gasteiger partial charge in [0.05, 0.1) is 6.67 Å². The first-order chi connectivity index (χ1) is 16.4. The van der Waals surface area contributed by atoms with Crippen LogP contribution in [0.2, 0.25) is 0 Å². The number of nitrogens with zero attached hydrogens (tertiary/aromatic N) is 4. The fraction of sp³-hybridized carbons (Fsp3) is 0.931. The summed E-state index contributed by atoms with van der Waals surface area (Å²) in [5.74, 6) is 0. The van der Waals surface area contributed by atoms with Crippen LogP contribution in [0.5, 0.6) is 0 Å². The molecule has 0 aliphatic rings. The molecule has 1 aromatic heterocycles. The number of rotatable bonds is 26. The van der Waals surface area contributed by atoms with E-state index in [1.54, 1.807) is 6.33 Å². The molecule has 33 heavy (non-hydrogen) atoms. The van der Waals surface area contributed by atoms with Gasteiger partial charge in [0.25, 0.3) is 0 Å². The second kappa shape index (κ2) is 24.2. The highest BCUT2D eigenvalue weighted by atomic mass is 15.4. The van der Waals surface area contributed by atoms with Gasteiger partial charge in [0, 0.05) is 0 Å². The van der Waals surface area contributed by atoms with Crippen LogP contribution in [-0.2, 0) is 6.67 Å². The Balaban J connectivity index is 2.02. The molecule has 4 heteroatoms. The van der Waals surface area contributed by atoms with E-state index in [1.807, 2.05) is 11.0 Å². The van der Waals surface area contributed by atoms with Crippen LogP contribution >= 0.6 is 0 Å². The van der Waals surface area contributed by atoms with Crippen LogP contribution in [0.15, 0.2) is 12.7 Å². The molecule has 0 saturated heterocycles. The third kappa shape index (κ3) is 20.2. The number of unbranched alkanes of at least 4 members (excludes halogenated alkanes) is 20. The first-order valence-electron chi connectivity index (χ1n) is 14.9. The van der Waals surface area contributed by atoms with Crippen LogP contribution in [0.25, 0.3) is 0 Å². The third-order valence-electron chi connectivity index (χ3n) is 6.97. The fourth-order valence-electron chi connectivity index (χ4n) is 4.76. The molecule has 0 aliphatic carbocycles. The molecule has 0 radical (unpaired) electrons. The van der Waals surface area contributed by atoms with E-state index in [2.05, 4.69) is 28.8 Å². The maximum Gasteiger partial charge on any atom is 0.137 e. The Morgan fingerprint density at radius 1 is 0.515 bits per heavy atom. The van der Waals surface area contributed by atoms with Crippen LogP contribution < -0.4 is 0 Å². The normalized spacial score (nSPS) is 11.6. The lowest BCUT2D eigenvalue weighted by molar-refractivity contribution is 0.198. The summed E-state index contributed by atoms with van der Waals surface area (Å²) in [7, 11) is 0. The summed E-state index contributed by atoms with van der Waals surface area (Å²) in [6.07, 6.45) is 34.6. The van der Waals surface area contributed by atoms with Gasteiger partial charge in [-0.2, -0.15) is 5.10 Å². The highest BCUT2D eigenvalue weighted by Gasteiger charge is 2.06. The zero-order valence-corrected chi connectivity index (χ0v) is 22.6. The van der Waals surface area contributed by atoms with E-state index in [9.17, 15) is 0 Å². The van der Waals surface area contributed by atoms with Crippen molar-refractivity contribution < 1.29 is 0 Å². The molecule has 0 atom stereocenters. The Hall–Kier alpha value is -0.900. The highest BCUT2D eigenvalue weighted by Crippen LogP contribution is 2.13. The molecule has 0 N–H and O–H groups in total. The minimum Gasteiger partial charge on any atom is -0.284 e. The Kier molecular flexibility index (Phi) is 22.1. The lowest BCUT2D eigenvalue weighted by Crippen LogP contribution is -2.29.